The molecular formula is C11H14BrN3O2S3. The van der Waals surface area contributed by atoms with Crippen molar-refractivity contribution in [1.29, 1.82) is 0 Å². The van der Waals surface area contributed by atoms with E-state index < -0.39 is 10.0 Å². The first kappa shape index (κ1) is 16.1. The number of thiazole rings is 1. The first-order valence-electron chi connectivity index (χ1n) is 5.82. The molecule has 9 heteroatoms. The lowest BCUT2D eigenvalue weighted by Gasteiger charge is -2.04. The summed E-state index contributed by atoms with van der Waals surface area (Å²) in [6.45, 7) is 0.993. The molecule has 0 saturated carbocycles. The summed E-state index contributed by atoms with van der Waals surface area (Å²) < 4.78 is 27.7. The van der Waals surface area contributed by atoms with Crippen LogP contribution in [0, 0.1) is 0 Å². The van der Waals surface area contributed by atoms with Gasteiger partial charge in [-0.1, -0.05) is 0 Å². The highest BCUT2D eigenvalue weighted by Crippen LogP contribution is 2.31. The highest BCUT2D eigenvalue weighted by Gasteiger charge is 2.20. The van der Waals surface area contributed by atoms with Gasteiger partial charge in [-0.05, 0) is 29.0 Å². The predicted octanol–water partition coefficient (Wildman–Crippen LogP) is 2.21. The highest BCUT2D eigenvalue weighted by atomic mass is 79.9. The Balaban J connectivity index is 2.02. The number of nitrogens with zero attached hydrogens (tertiary/aromatic N) is 1. The summed E-state index contributed by atoms with van der Waals surface area (Å²) in [7, 11) is -1.65. The van der Waals surface area contributed by atoms with Crippen molar-refractivity contribution in [3.8, 4) is 0 Å². The maximum atomic E-state index is 12.2. The molecular weight excluding hydrogens is 382 g/mol. The number of aromatic nitrogens is 1. The van der Waals surface area contributed by atoms with E-state index >= 15 is 0 Å². The van der Waals surface area contributed by atoms with Crippen molar-refractivity contribution in [2.75, 3.05) is 13.6 Å². The lowest BCUT2D eigenvalue weighted by molar-refractivity contribution is 0.581. The number of hydrogen-bond donors (Lipinski definition) is 2. The third-order valence-corrected chi connectivity index (χ3v) is 6.85. The van der Waals surface area contributed by atoms with Crippen LogP contribution >= 0.6 is 38.6 Å². The SMILES string of the molecule is CNCc1cc(S(=O)(=O)NCCc2cscn2)c(Br)s1. The molecule has 20 heavy (non-hydrogen) atoms. The van der Waals surface area contributed by atoms with Crippen molar-refractivity contribution >= 4 is 48.6 Å². The van der Waals surface area contributed by atoms with E-state index in [9.17, 15) is 8.42 Å². The first-order chi connectivity index (χ1) is 9.53. The summed E-state index contributed by atoms with van der Waals surface area (Å²) in [5.74, 6) is 0. The Morgan fingerprint density at radius 1 is 1.45 bits per heavy atom. The molecule has 0 saturated heterocycles. The van der Waals surface area contributed by atoms with E-state index in [1.54, 1.807) is 11.6 Å². The topological polar surface area (TPSA) is 71.1 Å². The van der Waals surface area contributed by atoms with Crippen LogP contribution in [0.5, 0.6) is 0 Å². The molecule has 0 bridgehead atoms. The van der Waals surface area contributed by atoms with Crippen LogP contribution < -0.4 is 10.0 Å². The van der Waals surface area contributed by atoms with Gasteiger partial charge in [0.05, 0.1) is 15.0 Å². The number of sulfonamides is 1. The van der Waals surface area contributed by atoms with Crippen LogP contribution in [-0.4, -0.2) is 27.0 Å². The predicted molar refractivity (Wildman–Crippen MR) is 85.8 cm³/mol. The molecule has 110 valence electrons. The lowest BCUT2D eigenvalue weighted by Crippen LogP contribution is -2.26. The maximum absolute atomic E-state index is 12.2. The average molecular weight is 396 g/mol. The molecule has 2 aromatic rings. The zero-order chi connectivity index (χ0) is 14.6. The second-order valence-corrected chi connectivity index (χ2v) is 8.92. The summed E-state index contributed by atoms with van der Waals surface area (Å²) >= 11 is 6.24. The van der Waals surface area contributed by atoms with Gasteiger partial charge in [0, 0.05) is 29.8 Å². The van der Waals surface area contributed by atoms with Gasteiger partial charge in [0.2, 0.25) is 10.0 Å². The molecule has 0 aliphatic heterocycles. The Morgan fingerprint density at radius 2 is 2.25 bits per heavy atom. The van der Waals surface area contributed by atoms with Crippen molar-refractivity contribution in [2.24, 2.45) is 0 Å². The van der Waals surface area contributed by atoms with Crippen LogP contribution in [0.3, 0.4) is 0 Å². The minimum absolute atomic E-state index is 0.297. The Morgan fingerprint density at radius 3 is 2.90 bits per heavy atom. The van der Waals surface area contributed by atoms with Gasteiger partial charge in [0.15, 0.2) is 0 Å². The number of rotatable bonds is 7. The molecule has 0 aliphatic carbocycles. The molecule has 0 aliphatic rings. The van der Waals surface area contributed by atoms with Gasteiger partial charge in [0.25, 0.3) is 0 Å². The van der Waals surface area contributed by atoms with Crippen molar-refractivity contribution in [3.63, 3.8) is 0 Å². The van der Waals surface area contributed by atoms with Crippen molar-refractivity contribution in [2.45, 2.75) is 17.9 Å². The van der Waals surface area contributed by atoms with Gasteiger partial charge >= 0.3 is 0 Å². The molecule has 2 N–H and O–H groups in total. The van der Waals surface area contributed by atoms with Crippen molar-refractivity contribution < 1.29 is 8.42 Å². The number of halogens is 1. The molecule has 0 unspecified atom stereocenters. The summed E-state index contributed by atoms with van der Waals surface area (Å²) in [6.07, 6.45) is 0.591. The smallest absolute Gasteiger partial charge is 0.242 e. The summed E-state index contributed by atoms with van der Waals surface area (Å²) in [6, 6.07) is 1.69. The zero-order valence-electron chi connectivity index (χ0n) is 10.7. The summed E-state index contributed by atoms with van der Waals surface area (Å²) in [4.78, 5) is 5.39. The molecule has 0 amide bonds. The largest absolute Gasteiger partial charge is 0.315 e. The van der Waals surface area contributed by atoms with E-state index in [4.69, 9.17) is 0 Å². The van der Waals surface area contributed by atoms with Crippen LogP contribution in [0.2, 0.25) is 0 Å². The molecule has 0 spiro atoms. The van der Waals surface area contributed by atoms with Crippen LogP contribution in [-0.2, 0) is 23.0 Å². The Bertz CT molecular complexity index is 653. The lowest BCUT2D eigenvalue weighted by atomic mass is 10.3. The molecule has 2 rings (SSSR count). The fourth-order valence-electron chi connectivity index (χ4n) is 1.59. The van der Waals surface area contributed by atoms with Gasteiger partial charge in [-0.25, -0.2) is 18.1 Å². The Hall–Kier alpha value is -0.320. The highest BCUT2D eigenvalue weighted by molar-refractivity contribution is 9.11. The normalized spacial score (nSPS) is 11.9. The molecule has 2 aromatic heterocycles. The fourth-order valence-corrected chi connectivity index (χ4v) is 5.91. The van der Waals surface area contributed by atoms with E-state index in [1.165, 1.54) is 22.7 Å². The van der Waals surface area contributed by atoms with Crippen LogP contribution in [0.4, 0.5) is 0 Å². The molecule has 2 heterocycles. The standard InChI is InChI=1S/C11H14BrN3O2S3/c1-13-5-9-4-10(11(12)19-9)20(16,17)15-3-2-8-6-18-7-14-8/h4,6-7,13,15H,2-3,5H2,1H3. The van der Waals surface area contributed by atoms with E-state index in [0.29, 0.717) is 28.2 Å². The molecule has 0 aromatic carbocycles. The van der Waals surface area contributed by atoms with Gasteiger partial charge < -0.3 is 5.32 Å². The third-order valence-electron chi connectivity index (χ3n) is 2.50. The summed E-state index contributed by atoms with van der Waals surface area (Å²) in [5, 5.41) is 4.92. The van der Waals surface area contributed by atoms with Gasteiger partial charge in [-0.2, -0.15) is 0 Å². The Kier molecular flexibility index (Phi) is 5.70. The number of thiophene rings is 1. The third kappa shape index (κ3) is 4.09. The number of hydrogen-bond acceptors (Lipinski definition) is 6. The maximum Gasteiger partial charge on any atom is 0.242 e. The van der Waals surface area contributed by atoms with Crippen LogP contribution in [0.25, 0.3) is 0 Å². The molecule has 5 nitrogen and oxygen atoms in total. The quantitative estimate of drug-likeness (QED) is 0.753. The second-order valence-electron chi connectivity index (χ2n) is 4.01. The Labute approximate surface area is 134 Å². The van der Waals surface area contributed by atoms with E-state index in [2.05, 4.69) is 31.0 Å². The average Bonchev–Trinajstić information content (AvgIpc) is 2.99. The minimum atomic E-state index is -3.48. The van der Waals surface area contributed by atoms with E-state index in [-0.39, 0.29) is 0 Å². The van der Waals surface area contributed by atoms with Crippen molar-refractivity contribution in [1.82, 2.24) is 15.0 Å². The minimum Gasteiger partial charge on any atom is -0.315 e. The van der Waals surface area contributed by atoms with Gasteiger partial charge in [0.1, 0.15) is 4.90 Å². The fraction of sp³-hybridized carbons (Fsp3) is 0.364. The van der Waals surface area contributed by atoms with Crippen LogP contribution in [0.1, 0.15) is 10.6 Å². The van der Waals surface area contributed by atoms with E-state index in [0.717, 1.165) is 10.6 Å². The van der Waals surface area contributed by atoms with Gasteiger partial charge in [-0.15, -0.1) is 22.7 Å². The summed E-state index contributed by atoms with van der Waals surface area (Å²) in [5.41, 5.74) is 2.64. The van der Waals surface area contributed by atoms with Gasteiger partial charge in [-0.3, -0.25) is 0 Å². The first-order valence-corrected chi connectivity index (χ1v) is 9.86. The number of nitrogens with one attached hydrogen (secondary N) is 2. The van der Waals surface area contributed by atoms with Crippen molar-refractivity contribution in [3.05, 3.63) is 31.3 Å². The van der Waals surface area contributed by atoms with Crippen LogP contribution in [0.15, 0.2) is 25.6 Å². The molecule has 0 radical (unpaired) electrons. The molecule has 0 atom stereocenters. The monoisotopic (exact) mass is 395 g/mol. The molecule has 0 fully saturated rings. The van der Waals surface area contributed by atoms with E-state index in [1.807, 2.05) is 12.4 Å². The second kappa shape index (κ2) is 7.10. The zero-order valence-corrected chi connectivity index (χ0v) is 14.8.